The zero-order chi connectivity index (χ0) is 9.84. The van der Waals surface area contributed by atoms with Gasteiger partial charge in [0.25, 0.3) is 0 Å². The van der Waals surface area contributed by atoms with Crippen LogP contribution in [0, 0.1) is 0 Å². The maximum absolute atomic E-state index is 5.47. The summed E-state index contributed by atoms with van der Waals surface area (Å²) >= 11 is 4.86. The van der Waals surface area contributed by atoms with Gasteiger partial charge in [-0.15, -0.1) is 0 Å². The average molecular weight is 201 g/mol. The van der Waals surface area contributed by atoms with Crippen molar-refractivity contribution in [2.75, 3.05) is 33.2 Å². The minimum atomic E-state index is 0.631. The second kappa shape index (κ2) is 4.88. The Balaban J connectivity index is 2.25. The van der Waals surface area contributed by atoms with Gasteiger partial charge < -0.3 is 15.5 Å². The molecule has 13 heavy (non-hydrogen) atoms. The molecular formula is C9H19N3S. The van der Waals surface area contributed by atoms with E-state index in [9.17, 15) is 0 Å². The standard InChI is InChI=1S/C9H19N3S/c1-8-7-12(4-3-9(10)13)6-5-11(8)2/h8H,3-7H2,1-2H3,(H2,10,13). The lowest BCUT2D eigenvalue weighted by Gasteiger charge is -2.37. The summed E-state index contributed by atoms with van der Waals surface area (Å²) in [6.07, 6.45) is 0.853. The molecular weight excluding hydrogens is 182 g/mol. The van der Waals surface area contributed by atoms with Crippen molar-refractivity contribution in [3.63, 3.8) is 0 Å². The molecule has 4 heteroatoms. The van der Waals surface area contributed by atoms with Crippen LogP contribution in [0.1, 0.15) is 13.3 Å². The number of likely N-dealkylation sites (N-methyl/N-ethyl adjacent to an activating group) is 1. The number of rotatable bonds is 3. The van der Waals surface area contributed by atoms with Crippen molar-refractivity contribution in [2.45, 2.75) is 19.4 Å². The molecule has 0 spiro atoms. The van der Waals surface area contributed by atoms with Gasteiger partial charge in [-0.25, -0.2) is 0 Å². The molecule has 0 bridgehead atoms. The van der Waals surface area contributed by atoms with Crippen LogP contribution in [0.4, 0.5) is 0 Å². The van der Waals surface area contributed by atoms with Gasteiger partial charge in [0.2, 0.25) is 0 Å². The van der Waals surface area contributed by atoms with E-state index in [0.29, 0.717) is 11.0 Å². The Morgan fingerprint density at radius 3 is 2.77 bits per heavy atom. The Morgan fingerprint density at radius 1 is 1.54 bits per heavy atom. The maximum atomic E-state index is 5.47. The van der Waals surface area contributed by atoms with E-state index in [1.807, 2.05) is 0 Å². The first-order valence-electron chi connectivity index (χ1n) is 4.80. The molecule has 3 nitrogen and oxygen atoms in total. The lowest BCUT2D eigenvalue weighted by Crippen LogP contribution is -2.50. The van der Waals surface area contributed by atoms with Crippen LogP contribution in [-0.4, -0.2) is 54.1 Å². The number of thiocarbonyl (C=S) groups is 1. The molecule has 0 aromatic heterocycles. The quantitative estimate of drug-likeness (QED) is 0.666. The third-order valence-electron chi connectivity index (χ3n) is 2.72. The van der Waals surface area contributed by atoms with Gasteiger partial charge in [-0.3, -0.25) is 0 Å². The molecule has 1 unspecified atom stereocenters. The van der Waals surface area contributed by atoms with Crippen molar-refractivity contribution in [2.24, 2.45) is 5.73 Å². The third kappa shape index (κ3) is 3.58. The van der Waals surface area contributed by atoms with E-state index in [4.69, 9.17) is 18.0 Å². The van der Waals surface area contributed by atoms with Gasteiger partial charge in [0.15, 0.2) is 0 Å². The second-order valence-corrected chi connectivity index (χ2v) is 4.37. The summed E-state index contributed by atoms with van der Waals surface area (Å²) in [5.74, 6) is 0. The Morgan fingerprint density at radius 2 is 2.23 bits per heavy atom. The van der Waals surface area contributed by atoms with Gasteiger partial charge in [-0.2, -0.15) is 0 Å². The molecule has 1 aliphatic rings. The van der Waals surface area contributed by atoms with Gasteiger partial charge in [-0.1, -0.05) is 12.2 Å². The highest BCUT2D eigenvalue weighted by Crippen LogP contribution is 2.06. The average Bonchev–Trinajstić information content (AvgIpc) is 2.07. The molecule has 1 saturated heterocycles. The van der Waals surface area contributed by atoms with E-state index in [1.165, 1.54) is 0 Å². The number of nitrogens with two attached hydrogens (primary N) is 1. The number of nitrogens with zero attached hydrogens (tertiary/aromatic N) is 2. The van der Waals surface area contributed by atoms with Crippen LogP contribution >= 0.6 is 12.2 Å². The topological polar surface area (TPSA) is 32.5 Å². The lowest BCUT2D eigenvalue weighted by atomic mass is 10.2. The fraction of sp³-hybridized carbons (Fsp3) is 0.889. The largest absolute Gasteiger partial charge is 0.393 e. The highest BCUT2D eigenvalue weighted by Gasteiger charge is 2.19. The molecule has 0 saturated carbocycles. The van der Waals surface area contributed by atoms with Gasteiger partial charge in [0.1, 0.15) is 0 Å². The van der Waals surface area contributed by atoms with E-state index in [1.54, 1.807) is 0 Å². The highest BCUT2D eigenvalue weighted by molar-refractivity contribution is 7.80. The summed E-state index contributed by atoms with van der Waals surface area (Å²) in [6, 6.07) is 0.653. The molecule has 0 radical (unpaired) electrons. The van der Waals surface area contributed by atoms with Crippen molar-refractivity contribution in [1.29, 1.82) is 0 Å². The molecule has 1 rings (SSSR count). The van der Waals surface area contributed by atoms with Crippen LogP contribution < -0.4 is 5.73 Å². The van der Waals surface area contributed by atoms with Crippen LogP contribution in [-0.2, 0) is 0 Å². The molecule has 1 fully saturated rings. The summed E-state index contributed by atoms with van der Waals surface area (Å²) in [4.78, 5) is 5.45. The molecule has 2 N–H and O–H groups in total. The second-order valence-electron chi connectivity index (χ2n) is 3.85. The first-order valence-corrected chi connectivity index (χ1v) is 5.21. The summed E-state index contributed by atoms with van der Waals surface area (Å²) in [6.45, 7) is 6.71. The van der Waals surface area contributed by atoms with Crippen LogP contribution in [0.15, 0.2) is 0 Å². The van der Waals surface area contributed by atoms with E-state index >= 15 is 0 Å². The van der Waals surface area contributed by atoms with Gasteiger partial charge in [0, 0.05) is 38.6 Å². The Hall–Kier alpha value is -0.190. The number of hydrogen-bond donors (Lipinski definition) is 1. The highest BCUT2D eigenvalue weighted by atomic mass is 32.1. The predicted octanol–water partition coefficient (Wildman–Crippen LogP) is 0.299. The molecule has 0 aromatic carbocycles. The summed E-state index contributed by atoms with van der Waals surface area (Å²) < 4.78 is 0. The molecule has 1 heterocycles. The zero-order valence-corrected chi connectivity index (χ0v) is 9.31. The van der Waals surface area contributed by atoms with Crippen molar-refractivity contribution >= 4 is 17.2 Å². The van der Waals surface area contributed by atoms with Gasteiger partial charge in [-0.05, 0) is 14.0 Å². The predicted molar refractivity (Wildman–Crippen MR) is 59.9 cm³/mol. The maximum Gasteiger partial charge on any atom is 0.0740 e. The number of piperazine rings is 1. The lowest BCUT2D eigenvalue weighted by molar-refractivity contribution is 0.107. The minimum absolute atomic E-state index is 0.631. The molecule has 1 atom stereocenters. The first-order chi connectivity index (χ1) is 6.09. The zero-order valence-electron chi connectivity index (χ0n) is 8.49. The Labute approximate surface area is 85.9 Å². The van der Waals surface area contributed by atoms with E-state index in [2.05, 4.69) is 23.8 Å². The molecule has 76 valence electrons. The fourth-order valence-corrected chi connectivity index (χ4v) is 1.69. The van der Waals surface area contributed by atoms with Crippen LogP contribution in [0.2, 0.25) is 0 Å². The van der Waals surface area contributed by atoms with Crippen LogP contribution in [0.25, 0.3) is 0 Å². The normalized spacial score (nSPS) is 26.2. The molecule has 0 aromatic rings. The third-order valence-corrected chi connectivity index (χ3v) is 2.92. The molecule has 0 amide bonds. The van der Waals surface area contributed by atoms with Crippen molar-refractivity contribution in [1.82, 2.24) is 9.80 Å². The smallest absolute Gasteiger partial charge is 0.0740 e. The summed E-state index contributed by atoms with van der Waals surface area (Å²) in [5.41, 5.74) is 5.47. The monoisotopic (exact) mass is 201 g/mol. The SMILES string of the molecule is CC1CN(CCC(N)=S)CCN1C. The fourth-order valence-electron chi connectivity index (χ4n) is 1.60. The van der Waals surface area contributed by atoms with Crippen molar-refractivity contribution < 1.29 is 0 Å². The molecule has 1 aliphatic heterocycles. The van der Waals surface area contributed by atoms with Crippen molar-refractivity contribution in [3.05, 3.63) is 0 Å². The number of hydrogen-bond acceptors (Lipinski definition) is 3. The van der Waals surface area contributed by atoms with Crippen LogP contribution in [0.3, 0.4) is 0 Å². The Bertz CT molecular complexity index is 184. The van der Waals surface area contributed by atoms with E-state index < -0.39 is 0 Å². The summed E-state index contributed by atoms with van der Waals surface area (Å²) in [7, 11) is 2.18. The van der Waals surface area contributed by atoms with Gasteiger partial charge in [0.05, 0.1) is 4.99 Å². The Kier molecular flexibility index (Phi) is 4.09. The van der Waals surface area contributed by atoms with E-state index in [0.717, 1.165) is 32.6 Å². The van der Waals surface area contributed by atoms with Crippen molar-refractivity contribution in [3.8, 4) is 0 Å². The van der Waals surface area contributed by atoms with E-state index in [-0.39, 0.29) is 0 Å². The van der Waals surface area contributed by atoms with Crippen LogP contribution in [0.5, 0.6) is 0 Å². The van der Waals surface area contributed by atoms with Gasteiger partial charge >= 0.3 is 0 Å². The summed E-state index contributed by atoms with van der Waals surface area (Å²) in [5, 5.41) is 0. The minimum Gasteiger partial charge on any atom is -0.393 e. The first kappa shape index (κ1) is 10.9. The molecule has 0 aliphatic carbocycles.